The van der Waals surface area contributed by atoms with Crippen LogP contribution in [0.5, 0.6) is 0 Å². The highest BCUT2D eigenvalue weighted by atomic mass is 16.6. The van der Waals surface area contributed by atoms with Gasteiger partial charge in [-0.25, -0.2) is 0 Å². The van der Waals surface area contributed by atoms with Crippen molar-refractivity contribution in [1.29, 1.82) is 0 Å². The first-order valence-electron chi connectivity index (χ1n) is 4.52. The molecular formula is C11H16O3. The Hall–Kier alpha value is -1.30. The standard InChI is InChI=1S/C11H16O3/c1-5-6-9(12)7-8-10(13)14-11(2,3)4/h7-8H2,1-4H3. The van der Waals surface area contributed by atoms with Crippen LogP contribution in [0, 0.1) is 11.8 Å². The second-order valence-electron chi connectivity index (χ2n) is 3.88. The van der Waals surface area contributed by atoms with E-state index >= 15 is 0 Å². The van der Waals surface area contributed by atoms with Crippen LogP contribution in [0.3, 0.4) is 0 Å². The van der Waals surface area contributed by atoms with Gasteiger partial charge in [-0.05, 0) is 33.6 Å². The van der Waals surface area contributed by atoms with E-state index in [-0.39, 0.29) is 24.6 Å². The van der Waals surface area contributed by atoms with E-state index in [1.165, 1.54) is 0 Å². The van der Waals surface area contributed by atoms with E-state index in [2.05, 4.69) is 11.8 Å². The molecule has 78 valence electrons. The predicted molar refractivity (Wildman–Crippen MR) is 53.5 cm³/mol. The second kappa shape index (κ2) is 5.43. The predicted octanol–water partition coefficient (Wildman–Crippen LogP) is 1.70. The van der Waals surface area contributed by atoms with Crippen molar-refractivity contribution in [3.63, 3.8) is 0 Å². The van der Waals surface area contributed by atoms with Gasteiger partial charge in [-0.2, -0.15) is 0 Å². The highest BCUT2D eigenvalue weighted by molar-refractivity contribution is 5.96. The summed E-state index contributed by atoms with van der Waals surface area (Å²) in [5.41, 5.74) is -0.490. The number of rotatable bonds is 3. The summed E-state index contributed by atoms with van der Waals surface area (Å²) in [5, 5.41) is 0. The number of ketones is 1. The van der Waals surface area contributed by atoms with Crippen molar-refractivity contribution in [1.82, 2.24) is 0 Å². The van der Waals surface area contributed by atoms with E-state index in [4.69, 9.17) is 4.74 Å². The smallest absolute Gasteiger partial charge is 0.306 e. The van der Waals surface area contributed by atoms with Crippen molar-refractivity contribution in [3.8, 4) is 11.8 Å². The van der Waals surface area contributed by atoms with Gasteiger partial charge in [-0.3, -0.25) is 9.59 Å². The van der Waals surface area contributed by atoms with E-state index in [1.807, 2.05) is 0 Å². The van der Waals surface area contributed by atoms with E-state index in [0.29, 0.717) is 0 Å². The minimum absolute atomic E-state index is 0.102. The van der Waals surface area contributed by atoms with Gasteiger partial charge < -0.3 is 4.74 Å². The molecule has 3 nitrogen and oxygen atoms in total. The summed E-state index contributed by atoms with van der Waals surface area (Å²) in [6, 6.07) is 0. The molecule has 0 heterocycles. The van der Waals surface area contributed by atoms with E-state index < -0.39 is 5.60 Å². The van der Waals surface area contributed by atoms with Crippen LogP contribution in [0.2, 0.25) is 0 Å². The molecule has 0 aliphatic carbocycles. The molecule has 0 spiro atoms. The van der Waals surface area contributed by atoms with Gasteiger partial charge in [0.05, 0.1) is 6.42 Å². The molecule has 0 saturated carbocycles. The van der Waals surface area contributed by atoms with Crippen LogP contribution in [0.15, 0.2) is 0 Å². The molecule has 0 unspecified atom stereocenters. The summed E-state index contributed by atoms with van der Waals surface area (Å²) in [4.78, 5) is 22.1. The Balaban J connectivity index is 3.85. The zero-order valence-corrected chi connectivity index (χ0v) is 9.14. The van der Waals surface area contributed by atoms with Gasteiger partial charge in [-0.1, -0.05) is 5.92 Å². The monoisotopic (exact) mass is 196 g/mol. The summed E-state index contributed by atoms with van der Waals surface area (Å²) >= 11 is 0. The van der Waals surface area contributed by atoms with Crippen LogP contribution in [-0.2, 0) is 14.3 Å². The minimum atomic E-state index is -0.490. The highest BCUT2D eigenvalue weighted by Gasteiger charge is 2.16. The van der Waals surface area contributed by atoms with Crippen LogP contribution < -0.4 is 0 Å². The van der Waals surface area contributed by atoms with Crippen molar-refractivity contribution in [2.75, 3.05) is 0 Å². The number of hydrogen-bond acceptors (Lipinski definition) is 3. The molecule has 0 aliphatic heterocycles. The van der Waals surface area contributed by atoms with Gasteiger partial charge in [0.1, 0.15) is 5.60 Å². The summed E-state index contributed by atoms with van der Waals surface area (Å²) in [6.07, 6.45) is 0.237. The first-order valence-corrected chi connectivity index (χ1v) is 4.52. The summed E-state index contributed by atoms with van der Waals surface area (Å²) in [7, 11) is 0. The molecule has 14 heavy (non-hydrogen) atoms. The first-order chi connectivity index (χ1) is 6.35. The number of Topliss-reactive ketones (excluding diaryl/α,β-unsaturated/α-hetero) is 1. The van der Waals surface area contributed by atoms with E-state index in [1.54, 1.807) is 27.7 Å². The van der Waals surface area contributed by atoms with Gasteiger partial charge in [0.15, 0.2) is 0 Å². The molecule has 0 aromatic heterocycles. The van der Waals surface area contributed by atoms with Crippen molar-refractivity contribution in [3.05, 3.63) is 0 Å². The first kappa shape index (κ1) is 12.7. The Morgan fingerprint density at radius 2 is 1.79 bits per heavy atom. The molecule has 0 radical (unpaired) electrons. The molecule has 0 aromatic rings. The van der Waals surface area contributed by atoms with Crippen LogP contribution >= 0.6 is 0 Å². The lowest BCUT2D eigenvalue weighted by atomic mass is 10.2. The molecule has 0 atom stereocenters. The molecule has 0 N–H and O–H groups in total. The maximum atomic E-state index is 11.1. The lowest BCUT2D eigenvalue weighted by Crippen LogP contribution is -2.24. The Kier molecular flexibility index (Phi) is 4.93. The van der Waals surface area contributed by atoms with Crippen LogP contribution in [-0.4, -0.2) is 17.4 Å². The Morgan fingerprint density at radius 1 is 1.21 bits per heavy atom. The zero-order valence-electron chi connectivity index (χ0n) is 9.14. The number of carbonyl (C=O) groups excluding carboxylic acids is 2. The molecule has 0 rings (SSSR count). The van der Waals surface area contributed by atoms with Crippen LogP contribution in [0.4, 0.5) is 0 Å². The number of hydrogen-bond donors (Lipinski definition) is 0. The van der Waals surface area contributed by atoms with E-state index in [9.17, 15) is 9.59 Å². The number of esters is 1. The molecule has 0 aliphatic rings. The fourth-order valence-corrected chi connectivity index (χ4v) is 0.810. The van der Waals surface area contributed by atoms with Crippen molar-refractivity contribution >= 4 is 11.8 Å². The molecule has 0 amide bonds. The third-order valence-corrected chi connectivity index (χ3v) is 1.24. The quantitative estimate of drug-likeness (QED) is 0.392. The van der Waals surface area contributed by atoms with Crippen LogP contribution in [0.1, 0.15) is 40.5 Å². The topological polar surface area (TPSA) is 43.4 Å². The fraction of sp³-hybridized carbons (Fsp3) is 0.636. The average Bonchev–Trinajstić information content (AvgIpc) is 1.98. The second-order valence-corrected chi connectivity index (χ2v) is 3.88. The third-order valence-electron chi connectivity index (χ3n) is 1.24. The van der Waals surface area contributed by atoms with Gasteiger partial charge in [0.2, 0.25) is 5.78 Å². The molecule has 0 saturated heterocycles. The maximum Gasteiger partial charge on any atom is 0.306 e. The van der Waals surface area contributed by atoms with Gasteiger partial charge in [0, 0.05) is 6.42 Å². The van der Waals surface area contributed by atoms with Gasteiger partial charge >= 0.3 is 5.97 Å². The number of carbonyl (C=O) groups is 2. The SMILES string of the molecule is CC#CC(=O)CCC(=O)OC(C)(C)C. The van der Waals surface area contributed by atoms with Crippen molar-refractivity contribution in [2.24, 2.45) is 0 Å². The molecule has 0 fully saturated rings. The summed E-state index contributed by atoms with van der Waals surface area (Å²) in [5.74, 6) is 4.27. The van der Waals surface area contributed by atoms with Crippen molar-refractivity contribution in [2.45, 2.75) is 46.1 Å². The molecular weight excluding hydrogens is 180 g/mol. The normalized spacial score (nSPS) is 10.0. The van der Waals surface area contributed by atoms with Gasteiger partial charge in [-0.15, -0.1) is 0 Å². The lowest BCUT2D eigenvalue weighted by molar-refractivity contribution is -0.155. The van der Waals surface area contributed by atoms with E-state index in [0.717, 1.165) is 0 Å². The lowest BCUT2D eigenvalue weighted by Gasteiger charge is -2.19. The third kappa shape index (κ3) is 7.35. The Labute approximate surface area is 84.8 Å². The minimum Gasteiger partial charge on any atom is -0.460 e. The Bertz CT molecular complexity index is 273. The Morgan fingerprint density at radius 3 is 2.21 bits per heavy atom. The van der Waals surface area contributed by atoms with Crippen molar-refractivity contribution < 1.29 is 14.3 Å². The maximum absolute atomic E-state index is 11.1. The number of ether oxygens (including phenoxy) is 1. The largest absolute Gasteiger partial charge is 0.460 e. The summed E-state index contributed by atoms with van der Waals surface area (Å²) in [6.45, 7) is 6.96. The zero-order chi connectivity index (χ0) is 11.2. The average molecular weight is 196 g/mol. The fourth-order valence-electron chi connectivity index (χ4n) is 0.810. The van der Waals surface area contributed by atoms with Gasteiger partial charge in [0.25, 0.3) is 0 Å². The molecule has 3 heteroatoms. The molecule has 0 aromatic carbocycles. The molecule has 0 bridgehead atoms. The summed E-state index contributed by atoms with van der Waals surface area (Å²) < 4.78 is 5.03. The van der Waals surface area contributed by atoms with Crippen LogP contribution in [0.25, 0.3) is 0 Å². The highest BCUT2D eigenvalue weighted by Crippen LogP contribution is 2.08.